The van der Waals surface area contributed by atoms with Crippen LogP contribution in [-0.2, 0) is 6.42 Å². The number of halogens is 2. The normalized spacial score (nSPS) is 15.8. The highest BCUT2D eigenvalue weighted by atomic mass is 35.5. The van der Waals surface area contributed by atoms with Gasteiger partial charge in [0.25, 0.3) is 0 Å². The lowest BCUT2D eigenvalue weighted by Crippen LogP contribution is -1.99. The maximum atomic E-state index is 6.10. The summed E-state index contributed by atoms with van der Waals surface area (Å²) in [6.07, 6.45) is 3.45. The standard InChI is InChI=1S/C10H11Cl2N/c11-7-5-9(12)8-3-1-2-4-13-10(8)6-7/h5-6,13H,1-4H2. The number of hydrogen-bond donors (Lipinski definition) is 1. The first-order chi connectivity index (χ1) is 6.27. The van der Waals surface area contributed by atoms with Gasteiger partial charge in [-0.2, -0.15) is 0 Å². The molecule has 3 heteroatoms. The Balaban J connectivity index is 2.47. The lowest BCUT2D eigenvalue weighted by molar-refractivity contribution is 0.786. The number of fused-ring (bicyclic) bond motifs is 1. The molecule has 1 aromatic carbocycles. The lowest BCUT2D eigenvalue weighted by atomic mass is 10.1. The monoisotopic (exact) mass is 215 g/mol. The number of hydrogen-bond acceptors (Lipinski definition) is 1. The minimum Gasteiger partial charge on any atom is -0.385 e. The quantitative estimate of drug-likeness (QED) is 0.696. The van der Waals surface area contributed by atoms with Gasteiger partial charge in [0, 0.05) is 22.3 Å². The average Bonchev–Trinajstić information content (AvgIpc) is 2.28. The van der Waals surface area contributed by atoms with Gasteiger partial charge in [0.2, 0.25) is 0 Å². The molecule has 1 nitrogen and oxygen atoms in total. The fourth-order valence-corrected chi connectivity index (χ4v) is 2.25. The van der Waals surface area contributed by atoms with Crippen molar-refractivity contribution in [2.24, 2.45) is 0 Å². The number of anilines is 1. The molecular weight excluding hydrogens is 205 g/mol. The summed E-state index contributed by atoms with van der Waals surface area (Å²) in [5.41, 5.74) is 2.32. The molecule has 0 aromatic heterocycles. The van der Waals surface area contributed by atoms with E-state index >= 15 is 0 Å². The van der Waals surface area contributed by atoms with Gasteiger partial charge in [0.15, 0.2) is 0 Å². The Labute approximate surface area is 88.0 Å². The molecular formula is C10H11Cl2N. The van der Waals surface area contributed by atoms with Crippen molar-refractivity contribution in [2.75, 3.05) is 11.9 Å². The van der Waals surface area contributed by atoms with Crippen LogP contribution in [0, 0.1) is 0 Å². The first-order valence-corrected chi connectivity index (χ1v) is 5.25. The highest BCUT2D eigenvalue weighted by molar-refractivity contribution is 6.35. The Morgan fingerprint density at radius 3 is 2.85 bits per heavy atom. The van der Waals surface area contributed by atoms with E-state index in [9.17, 15) is 0 Å². The molecule has 0 aliphatic carbocycles. The van der Waals surface area contributed by atoms with Crippen molar-refractivity contribution >= 4 is 28.9 Å². The van der Waals surface area contributed by atoms with Crippen LogP contribution in [0.15, 0.2) is 12.1 Å². The maximum Gasteiger partial charge on any atom is 0.0473 e. The van der Waals surface area contributed by atoms with E-state index in [0.717, 1.165) is 23.7 Å². The van der Waals surface area contributed by atoms with Crippen LogP contribution in [0.2, 0.25) is 10.0 Å². The van der Waals surface area contributed by atoms with Crippen LogP contribution >= 0.6 is 23.2 Å². The molecule has 0 radical (unpaired) electrons. The molecule has 0 fully saturated rings. The van der Waals surface area contributed by atoms with Gasteiger partial charge in [-0.3, -0.25) is 0 Å². The Morgan fingerprint density at radius 2 is 2.00 bits per heavy atom. The second-order valence-corrected chi connectivity index (χ2v) is 4.14. The van der Waals surface area contributed by atoms with E-state index in [4.69, 9.17) is 23.2 Å². The van der Waals surface area contributed by atoms with Crippen molar-refractivity contribution in [1.82, 2.24) is 0 Å². The van der Waals surface area contributed by atoms with Gasteiger partial charge < -0.3 is 5.32 Å². The van der Waals surface area contributed by atoms with Crippen molar-refractivity contribution in [3.8, 4) is 0 Å². The van der Waals surface area contributed by atoms with E-state index in [0.29, 0.717) is 5.02 Å². The van der Waals surface area contributed by atoms with E-state index in [1.54, 1.807) is 0 Å². The smallest absolute Gasteiger partial charge is 0.0473 e. The third-order valence-electron chi connectivity index (χ3n) is 2.33. The number of benzene rings is 1. The zero-order valence-electron chi connectivity index (χ0n) is 7.24. The third-order valence-corrected chi connectivity index (χ3v) is 2.88. The summed E-state index contributed by atoms with van der Waals surface area (Å²) in [6.45, 7) is 1.02. The molecule has 2 rings (SSSR count). The van der Waals surface area contributed by atoms with E-state index in [-0.39, 0.29) is 0 Å². The van der Waals surface area contributed by atoms with Crippen molar-refractivity contribution in [1.29, 1.82) is 0 Å². The molecule has 0 saturated heterocycles. The fraction of sp³-hybridized carbons (Fsp3) is 0.400. The summed E-state index contributed by atoms with van der Waals surface area (Å²) in [7, 11) is 0. The van der Waals surface area contributed by atoms with Gasteiger partial charge in [0.05, 0.1) is 0 Å². The van der Waals surface area contributed by atoms with E-state index < -0.39 is 0 Å². The molecule has 0 saturated carbocycles. The van der Waals surface area contributed by atoms with Crippen molar-refractivity contribution < 1.29 is 0 Å². The summed E-state index contributed by atoms with van der Waals surface area (Å²) in [6, 6.07) is 3.77. The van der Waals surface area contributed by atoms with E-state index in [2.05, 4.69) is 5.32 Å². The van der Waals surface area contributed by atoms with Crippen molar-refractivity contribution in [3.05, 3.63) is 27.7 Å². The summed E-state index contributed by atoms with van der Waals surface area (Å²) >= 11 is 12.0. The summed E-state index contributed by atoms with van der Waals surface area (Å²) in [5, 5.41) is 4.83. The fourth-order valence-electron chi connectivity index (χ4n) is 1.67. The van der Waals surface area contributed by atoms with Crippen molar-refractivity contribution in [3.63, 3.8) is 0 Å². The number of rotatable bonds is 0. The van der Waals surface area contributed by atoms with E-state index in [1.807, 2.05) is 12.1 Å². The summed E-state index contributed by atoms with van der Waals surface area (Å²) in [5.74, 6) is 0. The highest BCUT2D eigenvalue weighted by Gasteiger charge is 2.11. The molecule has 1 aromatic rings. The van der Waals surface area contributed by atoms with Gasteiger partial charge in [0.1, 0.15) is 0 Å². The zero-order valence-corrected chi connectivity index (χ0v) is 8.75. The van der Waals surface area contributed by atoms with E-state index in [1.165, 1.54) is 18.4 Å². The third kappa shape index (κ3) is 1.92. The van der Waals surface area contributed by atoms with Gasteiger partial charge in [-0.05, 0) is 37.0 Å². The zero-order chi connectivity index (χ0) is 9.26. The molecule has 1 heterocycles. The molecule has 0 atom stereocenters. The van der Waals surface area contributed by atoms with Gasteiger partial charge in [-0.25, -0.2) is 0 Å². The van der Waals surface area contributed by atoms with Crippen LogP contribution < -0.4 is 5.32 Å². The second kappa shape index (κ2) is 3.77. The minimum atomic E-state index is 0.707. The Kier molecular flexibility index (Phi) is 2.66. The van der Waals surface area contributed by atoms with Crippen LogP contribution in [0.4, 0.5) is 5.69 Å². The van der Waals surface area contributed by atoms with Crippen LogP contribution in [0.1, 0.15) is 18.4 Å². The maximum absolute atomic E-state index is 6.10. The summed E-state index contributed by atoms with van der Waals surface area (Å²) in [4.78, 5) is 0. The molecule has 13 heavy (non-hydrogen) atoms. The molecule has 1 aliphatic rings. The Bertz CT molecular complexity index is 323. The molecule has 1 N–H and O–H groups in total. The lowest BCUT2D eigenvalue weighted by Gasteiger charge is -2.09. The second-order valence-electron chi connectivity index (χ2n) is 3.30. The molecule has 0 spiro atoms. The van der Waals surface area contributed by atoms with Crippen LogP contribution in [0.3, 0.4) is 0 Å². The van der Waals surface area contributed by atoms with Gasteiger partial charge >= 0.3 is 0 Å². The van der Waals surface area contributed by atoms with Crippen LogP contribution in [0.5, 0.6) is 0 Å². The van der Waals surface area contributed by atoms with Crippen LogP contribution in [-0.4, -0.2) is 6.54 Å². The SMILES string of the molecule is Clc1cc(Cl)c2c(c1)NCCCC2. The van der Waals surface area contributed by atoms with Crippen LogP contribution in [0.25, 0.3) is 0 Å². The van der Waals surface area contributed by atoms with Gasteiger partial charge in [-0.1, -0.05) is 23.2 Å². The number of nitrogens with one attached hydrogen (secondary N) is 1. The largest absolute Gasteiger partial charge is 0.385 e. The Morgan fingerprint density at radius 1 is 1.15 bits per heavy atom. The first kappa shape index (κ1) is 9.17. The molecule has 1 aliphatic heterocycles. The Hall–Kier alpha value is -0.400. The summed E-state index contributed by atoms with van der Waals surface area (Å²) < 4.78 is 0. The predicted octanol–water partition coefficient (Wildman–Crippen LogP) is 3.74. The predicted molar refractivity (Wildman–Crippen MR) is 57.9 cm³/mol. The molecule has 0 unspecified atom stereocenters. The highest BCUT2D eigenvalue weighted by Crippen LogP contribution is 2.31. The average molecular weight is 216 g/mol. The topological polar surface area (TPSA) is 12.0 Å². The molecule has 70 valence electrons. The van der Waals surface area contributed by atoms with Crippen molar-refractivity contribution in [2.45, 2.75) is 19.3 Å². The van der Waals surface area contributed by atoms with Gasteiger partial charge in [-0.15, -0.1) is 0 Å². The molecule has 0 bridgehead atoms. The first-order valence-electron chi connectivity index (χ1n) is 4.49. The molecule has 0 amide bonds. The minimum absolute atomic E-state index is 0.707.